The van der Waals surface area contributed by atoms with Gasteiger partial charge in [-0.05, 0) is 41.5 Å². The highest BCUT2D eigenvalue weighted by atomic mass is 19.4. The molecule has 1 N–H and O–H groups in total. The van der Waals surface area contributed by atoms with E-state index in [9.17, 15) is 26.3 Å². The molecule has 13 heteroatoms. The fraction of sp³-hybridized carbons (Fsp3) is 0.227. The van der Waals surface area contributed by atoms with Crippen molar-refractivity contribution in [1.29, 1.82) is 0 Å². The number of fused-ring (bicyclic) bond motifs is 1. The minimum Gasteiger partial charge on any atom is -0.493 e. The lowest BCUT2D eigenvalue weighted by molar-refractivity contribution is -0.143. The third-order valence-corrected chi connectivity index (χ3v) is 5.11. The van der Waals surface area contributed by atoms with Crippen LogP contribution in [0.15, 0.2) is 48.9 Å². The van der Waals surface area contributed by atoms with Crippen molar-refractivity contribution in [3.63, 3.8) is 0 Å². The molecule has 7 nitrogen and oxygen atoms in total. The average Bonchev–Trinajstić information content (AvgIpc) is 3.30. The number of alkyl halides is 6. The van der Waals surface area contributed by atoms with Gasteiger partial charge in [0.2, 0.25) is 0 Å². The van der Waals surface area contributed by atoms with E-state index in [1.807, 2.05) is 0 Å². The van der Waals surface area contributed by atoms with Crippen LogP contribution < -0.4 is 14.8 Å². The van der Waals surface area contributed by atoms with E-state index in [4.69, 9.17) is 9.47 Å². The Morgan fingerprint density at radius 3 is 2.11 bits per heavy atom. The Morgan fingerprint density at radius 1 is 0.857 bits per heavy atom. The maximum absolute atomic E-state index is 13.2. The number of nitrogens with zero attached hydrogens (tertiary/aromatic N) is 4. The topological polar surface area (TPSA) is 73.6 Å². The van der Waals surface area contributed by atoms with Crippen LogP contribution in [0.3, 0.4) is 0 Å². The smallest absolute Gasteiger partial charge is 0.416 e. The van der Waals surface area contributed by atoms with Crippen LogP contribution in [0.4, 0.5) is 32.2 Å². The number of hydrogen-bond acceptors (Lipinski definition) is 6. The molecule has 0 saturated carbocycles. The number of nitrogens with one attached hydrogen (secondary N) is 1. The van der Waals surface area contributed by atoms with E-state index in [0.717, 1.165) is 0 Å². The van der Waals surface area contributed by atoms with Crippen LogP contribution in [0.5, 0.6) is 11.5 Å². The number of halogens is 6. The van der Waals surface area contributed by atoms with Crippen LogP contribution in [-0.2, 0) is 18.9 Å². The molecule has 2 aromatic carbocycles. The molecule has 4 aromatic rings. The van der Waals surface area contributed by atoms with Crippen molar-refractivity contribution in [1.82, 2.24) is 19.6 Å². The van der Waals surface area contributed by atoms with Crippen LogP contribution in [-0.4, -0.2) is 33.8 Å². The Bertz CT molecular complexity index is 1330. The molecule has 0 aliphatic heterocycles. The first kappa shape index (κ1) is 24.1. The Kier molecular flexibility index (Phi) is 6.17. The highest BCUT2D eigenvalue weighted by Crippen LogP contribution is 2.38. The summed E-state index contributed by atoms with van der Waals surface area (Å²) in [5.41, 5.74) is -1.99. The Balaban J connectivity index is 1.77. The number of rotatable bonds is 6. The van der Waals surface area contributed by atoms with E-state index in [0.29, 0.717) is 34.8 Å². The van der Waals surface area contributed by atoms with Crippen LogP contribution in [0, 0.1) is 0 Å². The molecule has 0 aliphatic rings. The third-order valence-electron chi connectivity index (χ3n) is 5.11. The highest BCUT2D eigenvalue weighted by Gasteiger charge is 2.36. The molecule has 0 atom stereocenters. The molecule has 35 heavy (non-hydrogen) atoms. The van der Waals surface area contributed by atoms with Crippen LogP contribution >= 0.6 is 0 Å². The van der Waals surface area contributed by atoms with Gasteiger partial charge < -0.3 is 14.8 Å². The monoisotopic (exact) mass is 497 g/mol. The van der Waals surface area contributed by atoms with Gasteiger partial charge in [0.15, 0.2) is 11.5 Å². The number of ether oxygens (including phenoxy) is 2. The zero-order valence-electron chi connectivity index (χ0n) is 18.2. The van der Waals surface area contributed by atoms with Gasteiger partial charge in [0, 0.05) is 18.3 Å². The molecular formula is C22H17F6N5O2. The largest absolute Gasteiger partial charge is 0.493 e. The molecule has 0 fully saturated rings. The number of anilines is 1. The zero-order chi connectivity index (χ0) is 25.4. The van der Waals surface area contributed by atoms with Crippen molar-refractivity contribution in [2.24, 2.45) is 0 Å². The van der Waals surface area contributed by atoms with Gasteiger partial charge >= 0.3 is 12.4 Å². The average molecular weight is 497 g/mol. The Hall–Kier alpha value is -4.03. The van der Waals surface area contributed by atoms with Crippen molar-refractivity contribution in [2.75, 3.05) is 19.5 Å². The third kappa shape index (κ3) is 4.93. The summed E-state index contributed by atoms with van der Waals surface area (Å²) in [6.07, 6.45) is -7.22. The lowest BCUT2D eigenvalue weighted by Gasteiger charge is -2.17. The molecule has 0 bridgehead atoms. The number of aromatic nitrogens is 4. The van der Waals surface area contributed by atoms with Gasteiger partial charge in [0.1, 0.15) is 12.1 Å². The molecule has 0 saturated heterocycles. The summed E-state index contributed by atoms with van der Waals surface area (Å²) in [4.78, 5) is 8.19. The molecule has 0 amide bonds. The van der Waals surface area contributed by atoms with Gasteiger partial charge in [0.05, 0.1) is 25.3 Å². The molecule has 0 unspecified atom stereocenters. The quantitative estimate of drug-likeness (QED) is 0.357. The van der Waals surface area contributed by atoms with Crippen molar-refractivity contribution in [2.45, 2.75) is 18.9 Å². The van der Waals surface area contributed by atoms with E-state index < -0.39 is 23.5 Å². The van der Waals surface area contributed by atoms with Crippen molar-refractivity contribution >= 4 is 11.6 Å². The predicted molar refractivity (Wildman–Crippen MR) is 113 cm³/mol. The van der Waals surface area contributed by atoms with E-state index >= 15 is 0 Å². The SMILES string of the molecule is COc1ccc(-c2cnc3ncnn3c2NCc2cc(C(F)(F)F)cc(C(F)(F)F)c2)cc1OC. The number of methoxy groups -OCH3 is 2. The van der Waals surface area contributed by atoms with Crippen LogP contribution in [0.25, 0.3) is 16.9 Å². The summed E-state index contributed by atoms with van der Waals surface area (Å²) < 4.78 is 91.3. The first-order valence-corrected chi connectivity index (χ1v) is 9.94. The Morgan fingerprint density at radius 2 is 1.51 bits per heavy atom. The maximum Gasteiger partial charge on any atom is 0.416 e. The number of benzene rings is 2. The summed E-state index contributed by atoms with van der Waals surface area (Å²) in [7, 11) is 2.92. The van der Waals surface area contributed by atoms with E-state index in [-0.39, 0.29) is 29.8 Å². The van der Waals surface area contributed by atoms with Crippen molar-refractivity contribution in [3.8, 4) is 22.6 Å². The van der Waals surface area contributed by atoms with Gasteiger partial charge in [-0.2, -0.15) is 40.9 Å². The highest BCUT2D eigenvalue weighted by molar-refractivity contribution is 5.77. The lowest BCUT2D eigenvalue weighted by Crippen LogP contribution is -2.14. The maximum atomic E-state index is 13.2. The molecule has 2 aromatic heterocycles. The summed E-state index contributed by atoms with van der Waals surface area (Å²) in [5, 5.41) is 6.97. The second kappa shape index (κ2) is 8.96. The van der Waals surface area contributed by atoms with Crippen molar-refractivity contribution in [3.05, 3.63) is 65.6 Å². The first-order valence-electron chi connectivity index (χ1n) is 9.94. The molecular weight excluding hydrogens is 480 g/mol. The molecule has 2 heterocycles. The fourth-order valence-corrected chi connectivity index (χ4v) is 3.47. The Labute approximate surface area is 194 Å². The predicted octanol–water partition coefficient (Wildman–Crippen LogP) is 5.46. The number of hydrogen-bond donors (Lipinski definition) is 1. The second-order valence-electron chi connectivity index (χ2n) is 7.33. The molecule has 4 rings (SSSR count). The van der Waals surface area contributed by atoms with Gasteiger partial charge in [-0.25, -0.2) is 4.98 Å². The zero-order valence-corrected chi connectivity index (χ0v) is 18.2. The standard InChI is InChI=1S/C22H17F6N5O2/c1-34-17-4-3-13(7-18(17)35-2)16-10-30-20-31-11-32-33(20)19(16)29-9-12-5-14(21(23,24)25)8-15(6-12)22(26,27)28/h3-8,10-11,29H,9H2,1-2H3. The fourth-order valence-electron chi connectivity index (χ4n) is 3.47. The molecule has 0 spiro atoms. The van der Waals surface area contributed by atoms with Crippen LogP contribution in [0.1, 0.15) is 16.7 Å². The first-order chi connectivity index (χ1) is 16.5. The summed E-state index contributed by atoms with van der Waals surface area (Å²) in [6.45, 7) is -0.369. The van der Waals surface area contributed by atoms with Gasteiger partial charge in [-0.1, -0.05) is 6.07 Å². The van der Waals surface area contributed by atoms with E-state index in [1.54, 1.807) is 18.2 Å². The van der Waals surface area contributed by atoms with Gasteiger partial charge in [0.25, 0.3) is 5.78 Å². The normalized spacial score (nSPS) is 12.1. The van der Waals surface area contributed by atoms with Crippen LogP contribution in [0.2, 0.25) is 0 Å². The molecule has 0 radical (unpaired) electrons. The van der Waals surface area contributed by atoms with E-state index in [1.165, 1.54) is 31.3 Å². The summed E-state index contributed by atoms with van der Waals surface area (Å²) in [5.74, 6) is 1.30. The van der Waals surface area contributed by atoms with Gasteiger partial charge in [-0.3, -0.25) is 0 Å². The van der Waals surface area contributed by atoms with Crippen molar-refractivity contribution < 1.29 is 35.8 Å². The van der Waals surface area contributed by atoms with Gasteiger partial charge in [-0.15, -0.1) is 0 Å². The molecule has 184 valence electrons. The summed E-state index contributed by atoms with van der Waals surface area (Å²) >= 11 is 0. The lowest BCUT2D eigenvalue weighted by atomic mass is 10.0. The van der Waals surface area contributed by atoms with E-state index in [2.05, 4.69) is 20.4 Å². The second-order valence-corrected chi connectivity index (χ2v) is 7.33. The summed E-state index contributed by atoms with van der Waals surface area (Å²) in [6, 6.07) is 6.40. The minimum atomic E-state index is -4.95. The molecule has 0 aliphatic carbocycles. The minimum absolute atomic E-state index is 0.0840.